The Labute approximate surface area is 112 Å². The first kappa shape index (κ1) is 12.7. The second-order valence-corrected chi connectivity index (χ2v) is 6.33. The predicted molar refractivity (Wildman–Crippen MR) is 78.3 cm³/mol. The molecule has 3 heteroatoms. The fourth-order valence-electron chi connectivity index (χ4n) is 2.82. The Morgan fingerprint density at radius 1 is 1.29 bits per heavy atom. The summed E-state index contributed by atoms with van der Waals surface area (Å²) < 4.78 is 1.05. The zero-order valence-corrected chi connectivity index (χ0v) is 12.4. The molecule has 2 nitrogen and oxygen atoms in total. The maximum atomic E-state index is 6.13. The number of hydrogen-bond donors (Lipinski definition) is 1. The van der Waals surface area contributed by atoms with Gasteiger partial charge in [-0.2, -0.15) is 0 Å². The van der Waals surface area contributed by atoms with Crippen LogP contribution in [-0.4, -0.2) is 12.6 Å². The summed E-state index contributed by atoms with van der Waals surface area (Å²) in [6.07, 6.45) is 1.31. The summed E-state index contributed by atoms with van der Waals surface area (Å²) in [7, 11) is 0. The van der Waals surface area contributed by atoms with Gasteiger partial charge >= 0.3 is 0 Å². The van der Waals surface area contributed by atoms with Gasteiger partial charge in [-0.15, -0.1) is 0 Å². The minimum absolute atomic E-state index is 0.565. The molecule has 0 aliphatic carbocycles. The lowest BCUT2D eigenvalue weighted by atomic mass is 9.85. The van der Waals surface area contributed by atoms with Crippen molar-refractivity contribution in [3.8, 4) is 0 Å². The standard InChI is InChI=1S/C14H21BrN2/c1-9-6-10(2)11(3)17(8-9)14-5-4-12(15)7-13(14)16/h4-5,7,9-11H,6,8,16H2,1-3H3. The van der Waals surface area contributed by atoms with Gasteiger partial charge in [-0.1, -0.05) is 29.8 Å². The first-order chi connectivity index (χ1) is 7.99. The van der Waals surface area contributed by atoms with Crippen LogP contribution in [0.4, 0.5) is 11.4 Å². The van der Waals surface area contributed by atoms with Crippen molar-refractivity contribution in [3.63, 3.8) is 0 Å². The summed E-state index contributed by atoms with van der Waals surface area (Å²) in [4.78, 5) is 2.46. The number of nitrogen functional groups attached to an aromatic ring is 1. The fourth-order valence-corrected chi connectivity index (χ4v) is 3.20. The summed E-state index contributed by atoms with van der Waals surface area (Å²) in [6.45, 7) is 8.07. The second kappa shape index (κ2) is 4.89. The van der Waals surface area contributed by atoms with E-state index in [4.69, 9.17) is 5.73 Å². The first-order valence-electron chi connectivity index (χ1n) is 6.30. The molecule has 1 saturated heterocycles. The highest BCUT2D eigenvalue weighted by atomic mass is 79.9. The van der Waals surface area contributed by atoms with Gasteiger partial charge in [0.1, 0.15) is 0 Å². The second-order valence-electron chi connectivity index (χ2n) is 5.41. The molecule has 1 heterocycles. The monoisotopic (exact) mass is 296 g/mol. The molecule has 17 heavy (non-hydrogen) atoms. The average molecular weight is 297 g/mol. The summed E-state index contributed by atoms with van der Waals surface area (Å²) in [6, 6.07) is 6.75. The molecule has 0 bridgehead atoms. The van der Waals surface area contributed by atoms with E-state index in [2.05, 4.69) is 53.7 Å². The molecule has 1 fully saturated rings. The molecule has 0 saturated carbocycles. The molecule has 3 unspecified atom stereocenters. The number of piperidine rings is 1. The number of rotatable bonds is 1. The van der Waals surface area contributed by atoms with E-state index in [1.54, 1.807) is 0 Å². The number of halogens is 1. The number of benzene rings is 1. The number of nitrogens with two attached hydrogens (primary N) is 1. The molecule has 3 atom stereocenters. The Hall–Kier alpha value is -0.700. The van der Waals surface area contributed by atoms with Gasteiger partial charge in [0.2, 0.25) is 0 Å². The van der Waals surface area contributed by atoms with E-state index in [-0.39, 0.29) is 0 Å². The Morgan fingerprint density at radius 2 is 2.00 bits per heavy atom. The molecule has 0 spiro atoms. The Bertz CT molecular complexity index is 405. The highest BCUT2D eigenvalue weighted by Gasteiger charge is 2.29. The minimum Gasteiger partial charge on any atom is -0.397 e. The Kier molecular flexibility index (Phi) is 3.67. The zero-order chi connectivity index (χ0) is 12.6. The van der Waals surface area contributed by atoms with Crippen LogP contribution >= 0.6 is 15.9 Å². The smallest absolute Gasteiger partial charge is 0.0603 e. The van der Waals surface area contributed by atoms with Crippen molar-refractivity contribution in [1.29, 1.82) is 0 Å². The quantitative estimate of drug-likeness (QED) is 0.797. The molecule has 1 aliphatic heterocycles. The van der Waals surface area contributed by atoms with Crippen LogP contribution in [0.3, 0.4) is 0 Å². The van der Waals surface area contributed by atoms with E-state index < -0.39 is 0 Å². The molecule has 1 aromatic rings. The highest BCUT2D eigenvalue weighted by Crippen LogP contribution is 2.35. The fraction of sp³-hybridized carbons (Fsp3) is 0.571. The van der Waals surface area contributed by atoms with Gasteiger partial charge in [-0.25, -0.2) is 0 Å². The van der Waals surface area contributed by atoms with Crippen LogP contribution in [0.2, 0.25) is 0 Å². The van der Waals surface area contributed by atoms with Gasteiger partial charge in [0.05, 0.1) is 11.4 Å². The molecular formula is C14H21BrN2. The molecule has 0 aromatic heterocycles. The van der Waals surface area contributed by atoms with Crippen LogP contribution in [0, 0.1) is 11.8 Å². The van der Waals surface area contributed by atoms with Crippen molar-refractivity contribution < 1.29 is 0 Å². The predicted octanol–water partition coefficient (Wildman–Crippen LogP) is 3.90. The van der Waals surface area contributed by atoms with E-state index in [0.717, 1.165) is 28.5 Å². The lowest BCUT2D eigenvalue weighted by Crippen LogP contribution is -2.46. The van der Waals surface area contributed by atoms with Gasteiger partial charge in [0, 0.05) is 17.1 Å². The average Bonchev–Trinajstić information content (AvgIpc) is 2.24. The van der Waals surface area contributed by atoms with Gasteiger partial charge in [-0.05, 0) is 43.4 Å². The van der Waals surface area contributed by atoms with Crippen LogP contribution in [0.5, 0.6) is 0 Å². The molecule has 1 aliphatic rings. The molecule has 0 amide bonds. The van der Waals surface area contributed by atoms with Crippen molar-refractivity contribution >= 4 is 27.3 Å². The van der Waals surface area contributed by atoms with E-state index in [9.17, 15) is 0 Å². The Balaban J connectivity index is 2.31. The SMILES string of the molecule is CC1CC(C)C(C)N(c2ccc(Br)cc2N)C1. The minimum atomic E-state index is 0.565. The molecule has 94 valence electrons. The number of hydrogen-bond acceptors (Lipinski definition) is 2. The third-order valence-electron chi connectivity index (χ3n) is 3.90. The lowest BCUT2D eigenvalue weighted by molar-refractivity contribution is 0.297. The van der Waals surface area contributed by atoms with Crippen molar-refractivity contribution in [2.75, 3.05) is 17.2 Å². The van der Waals surface area contributed by atoms with Crippen molar-refractivity contribution in [1.82, 2.24) is 0 Å². The van der Waals surface area contributed by atoms with Crippen LogP contribution in [0.1, 0.15) is 27.2 Å². The molecule has 1 aromatic carbocycles. The molecule has 2 N–H and O–H groups in total. The Morgan fingerprint density at radius 3 is 2.65 bits per heavy atom. The topological polar surface area (TPSA) is 29.3 Å². The number of nitrogens with zero attached hydrogens (tertiary/aromatic N) is 1. The summed E-state index contributed by atoms with van der Waals surface area (Å²) in [5.41, 5.74) is 8.18. The summed E-state index contributed by atoms with van der Waals surface area (Å²) in [5.74, 6) is 1.46. The van der Waals surface area contributed by atoms with Crippen molar-refractivity contribution in [2.45, 2.75) is 33.2 Å². The molecular weight excluding hydrogens is 276 g/mol. The third-order valence-corrected chi connectivity index (χ3v) is 4.39. The van der Waals surface area contributed by atoms with Crippen molar-refractivity contribution in [3.05, 3.63) is 22.7 Å². The van der Waals surface area contributed by atoms with Crippen LogP contribution in [0.15, 0.2) is 22.7 Å². The van der Waals surface area contributed by atoms with Crippen molar-refractivity contribution in [2.24, 2.45) is 11.8 Å². The normalized spacial score (nSPS) is 29.4. The summed E-state index contributed by atoms with van der Waals surface area (Å²) in [5, 5.41) is 0. The lowest BCUT2D eigenvalue weighted by Gasteiger charge is -2.43. The van der Waals surface area contributed by atoms with Crippen LogP contribution in [-0.2, 0) is 0 Å². The van der Waals surface area contributed by atoms with Gasteiger partial charge in [0.15, 0.2) is 0 Å². The highest BCUT2D eigenvalue weighted by molar-refractivity contribution is 9.10. The van der Waals surface area contributed by atoms with Gasteiger partial charge in [0.25, 0.3) is 0 Å². The summed E-state index contributed by atoms with van der Waals surface area (Å²) >= 11 is 3.46. The van der Waals surface area contributed by atoms with Gasteiger partial charge in [-0.3, -0.25) is 0 Å². The molecule has 0 radical (unpaired) electrons. The third kappa shape index (κ3) is 2.59. The van der Waals surface area contributed by atoms with E-state index in [1.807, 2.05) is 6.07 Å². The maximum Gasteiger partial charge on any atom is 0.0603 e. The van der Waals surface area contributed by atoms with Crippen LogP contribution in [0.25, 0.3) is 0 Å². The maximum absolute atomic E-state index is 6.13. The first-order valence-corrected chi connectivity index (χ1v) is 7.10. The van der Waals surface area contributed by atoms with E-state index in [0.29, 0.717) is 6.04 Å². The van der Waals surface area contributed by atoms with E-state index >= 15 is 0 Å². The molecule has 2 rings (SSSR count). The zero-order valence-electron chi connectivity index (χ0n) is 10.8. The van der Waals surface area contributed by atoms with Crippen LogP contribution < -0.4 is 10.6 Å². The van der Waals surface area contributed by atoms with E-state index in [1.165, 1.54) is 12.1 Å². The van der Waals surface area contributed by atoms with Gasteiger partial charge < -0.3 is 10.6 Å². The number of anilines is 2. The largest absolute Gasteiger partial charge is 0.397 e.